The van der Waals surface area contributed by atoms with Gasteiger partial charge < -0.3 is 4.90 Å². The Labute approximate surface area is 134 Å². The minimum Gasteiger partial charge on any atom is -0.338 e. The van der Waals surface area contributed by atoms with Crippen molar-refractivity contribution in [3.05, 3.63) is 46.3 Å². The van der Waals surface area contributed by atoms with E-state index in [1.165, 1.54) is 12.8 Å². The number of nitrogens with zero attached hydrogens (tertiary/aromatic N) is 1. The quantitative estimate of drug-likeness (QED) is 0.755. The average molecular weight is 320 g/mol. The second kappa shape index (κ2) is 6.63. The van der Waals surface area contributed by atoms with Crippen LogP contribution in [0.1, 0.15) is 35.4 Å². The normalized spacial score (nSPS) is 15.8. The van der Waals surface area contributed by atoms with Crippen LogP contribution in [0, 0.1) is 0 Å². The standard InChI is InChI=1S/C17H18ClNOS/c18-14-7-5-13(6-8-14)15-9-10-16(21-15)17(20)19-11-3-1-2-4-12-19/h5-10H,1-4,11-12H2. The van der Waals surface area contributed by atoms with E-state index >= 15 is 0 Å². The number of rotatable bonds is 2. The Kier molecular flexibility index (Phi) is 4.61. The van der Waals surface area contributed by atoms with Crippen molar-refractivity contribution in [2.75, 3.05) is 13.1 Å². The third-order valence-electron chi connectivity index (χ3n) is 3.84. The van der Waals surface area contributed by atoms with E-state index in [1.54, 1.807) is 11.3 Å². The molecular weight excluding hydrogens is 302 g/mol. The molecule has 2 nitrogen and oxygen atoms in total. The monoisotopic (exact) mass is 319 g/mol. The molecule has 1 aliphatic rings. The van der Waals surface area contributed by atoms with Crippen LogP contribution in [0.15, 0.2) is 36.4 Å². The Bertz CT molecular complexity index is 612. The van der Waals surface area contributed by atoms with Gasteiger partial charge >= 0.3 is 0 Å². The number of hydrogen-bond acceptors (Lipinski definition) is 2. The first-order chi connectivity index (χ1) is 10.2. The molecule has 1 saturated heterocycles. The fraction of sp³-hybridized carbons (Fsp3) is 0.353. The van der Waals surface area contributed by atoms with Gasteiger partial charge in [-0.25, -0.2) is 0 Å². The predicted molar refractivity (Wildman–Crippen MR) is 89.1 cm³/mol. The highest BCUT2D eigenvalue weighted by Gasteiger charge is 2.19. The van der Waals surface area contributed by atoms with E-state index in [9.17, 15) is 4.79 Å². The number of likely N-dealkylation sites (tertiary alicyclic amines) is 1. The van der Waals surface area contributed by atoms with Crippen molar-refractivity contribution < 1.29 is 4.79 Å². The van der Waals surface area contributed by atoms with Gasteiger partial charge in [0.25, 0.3) is 5.91 Å². The highest BCUT2D eigenvalue weighted by Crippen LogP contribution is 2.30. The molecule has 0 aliphatic carbocycles. The van der Waals surface area contributed by atoms with Crippen LogP contribution in [0.3, 0.4) is 0 Å². The number of thiophene rings is 1. The molecule has 21 heavy (non-hydrogen) atoms. The van der Waals surface area contributed by atoms with Crippen LogP contribution in [-0.2, 0) is 0 Å². The van der Waals surface area contributed by atoms with Crippen LogP contribution in [0.4, 0.5) is 0 Å². The summed E-state index contributed by atoms with van der Waals surface area (Å²) in [5, 5.41) is 0.733. The van der Waals surface area contributed by atoms with Crippen molar-refractivity contribution in [1.82, 2.24) is 4.90 Å². The van der Waals surface area contributed by atoms with Gasteiger partial charge in [0, 0.05) is 23.0 Å². The molecule has 3 rings (SSSR count). The van der Waals surface area contributed by atoms with Crippen molar-refractivity contribution in [3.8, 4) is 10.4 Å². The molecule has 1 amide bonds. The highest BCUT2D eigenvalue weighted by atomic mass is 35.5. The summed E-state index contributed by atoms with van der Waals surface area (Å²) < 4.78 is 0. The second-order valence-corrected chi connectivity index (χ2v) is 6.90. The number of carbonyl (C=O) groups is 1. The molecule has 4 heteroatoms. The lowest BCUT2D eigenvalue weighted by atomic mass is 10.2. The zero-order valence-electron chi connectivity index (χ0n) is 11.8. The molecule has 2 aromatic rings. The van der Waals surface area contributed by atoms with Gasteiger partial charge in [0.15, 0.2) is 0 Å². The van der Waals surface area contributed by atoms with Gasteiger partial charge in [-0.3, -0.25) is 4.79 Å². The van der Waals surface area contributed by atoms with E-state index in [2.05, 4.69) is 0 Å². The van der Waals surface area contributed by atoms with Gasteiger partial charge in [-0.2, -0.15) is 0 Å². The Morgan fingerprint density at radius 3 is 2.29 bits per heavy atom. The van der Waals surface area contributed by atoms with E-state index in [0.717, 1.165) is 46.3 Å². The van der Waals surface area contributed by atoms with Crippen molar-refractivity contribution >= 4 is 28.8 Å². The SMILES string of the molecule is O=C(c1ccc(-c2ccc(Cl)cc2)s1)N1CCCCCC1. The van der Waals surface area contributed by atoms with E-state index in [0.29, 0.717) is 0 Å². The molecule has 0 unspecified atom stereocenters. The van der Waals surface area contributed by atoms with Crippen LogP contribution in [-0.4, -0.2) is 23.9 Å². The molecule has 1 aliphatic heterocycles. The molecule has 1 aromatic carbocycles. The minimum absolute atomic E-state index is 0.183. The number of amides is 1. The first kappa shape index (κ1) is 14.6. The molecule has 1 aromatic heterocycles. The summed E-state index contributed by atoms with van der Waals surface area (Å²) >= 11 is 7.48. The van der Waals surface area contributed by atoms with E-state index in [-0.39, 0.29) is 5.91 Å². The van der Waals surface area contributed by atoms with Gasteiger partial charge in [-0.15, -0.1) is 11.3 Å². The van der Waals surface area contributed by atoms with Gasteiger partial charge in [0.2, 0.25) is 0 Å². The van der Waals surface area contributed by atoms with Crippen molar-refractivity contribution in [1.29, 1.82) is 0 Å². The first-order valence-electron chi connectivity index (χ1n) is 7.39. The summed E-state index contributed by atoms with van der Waals surface area (Å²) in [6.07, 6.45) is 4.73. The Balaban J connectivity index is 1.77. The van der Waals surface area contributed by atoms with Crippen molar-refractivity contribution in [2.24, 2.45) is 0 Å². The van der Waals surface area contributed by atoms with Gasteiger partial charge in [0.1, 0.15) is 0 Å². The molecule has 0 bridgehead atoms. The van der Waals surface area contributed by atoms with Gasteiger partial charge in [-0.05, 0) is 42.7 Å². The summed E-state index contributed by atoms with van der Waals surface area (Å²) in [5.74, 6) is 0.183. The maximum atomic E-state index is 12.6. The van der Waals surface area contributed by atoms with Crippen molar-refractivity contribution in [3.63, 3.8) is 0 Å². The van der Waals surface area contributed by atoms with E-state index in [1.807, 2.05) is 41.3 Å². The predicted octanol–water partition coefficient (Wildman–Crippen LogP) is 5.08. The zero-order valence-corrected chi connectivity index (χ0v) is 13.4. The molecule has 0 radical (unpaired) electrons. The molecule has 110 valence electrons. The first-order valence-corrected chi connectivity index (χ1v) is 8.58. The highest BCUT2D eigenvalue weighted by molar-refractivity contribution is 7.17. The van der Waals surface area contributed by atoms with Crippen molar-refractivity contribution in [2.45, 2.75) is 25.7 Å². The zero-order chi connectivity index (χ0) is 14.7. The fourth-order valence-corrected chi connectivity index (χ4v) is 3.76. The molecule has 1 fully saturated rings. The number of hydrogen-bond donors (Lipinski definition) is 0. The topological polar surface area (TPSA) is 20.3 Å². The van der Waals surface area contributed by atoms with Crippen LogP contribution in [0.25, 0.3) is 10.4 Å². The third-order valence-corrected chi connectivity index (χ3v) is 5.21. The summed E-state index contributed by atoms with van der Waals surface area (Å²) in [4.78, 5) is 16.5. The number of carbonyl (C=O) groups excluding carboxylic acids is 1. The Hall–Kier alpha value is -1.32. The maximum absolute atomic E-state index is 12.6. The Morgan fingerprint density at radius 2 is 1.62 bits per heavy atom. The van der Waals surface area contributed by atoms with Gasteiger partial charge in [0.05, 0.1) is 4.88 Å². The maximum Gasteiger partial charge on any atom is 0.263 e. The Morgan fingerprint density at radius 1 is 0.952 bits per heavy atom. The molecule has 0 N–H and O–H groups in total. The van der Waals surface area contributed by atoms with Crippen LogP contribution >= 0.6 is 22.9 Å². The third kappa shape index (κ3) is 3.47. The summed E-state index contributed by atoms with van der Waals surface area (Å²) in [6, 6.07) is 11.7. The number of halogens is 1. The molecule has 0 saturated carbocycles. The van der Waals surface area contributed by atoms with Crippen LogP contribution < -0.4 is 0 Å². The minimum atomic E-state index is 0.183. The van der Waals surface area contributed by atoms with E-state index in [4.69, 9.17) is 11.6 Å². The fourth-order valence-electron chi connectivity index (χ4n) is 2.65. The lowest BCUT2D eigenvalue weighted by molar-refractivity contribution is 0.0766. The van der Waals surface area contributed by atoms with Gasteiger partial charge in [-0.1, -0.05) is 36.6 Å². The lowest BCUT2D eigenvalue weighted by Crippen LogP contribution is -2.31. The lowest BCUT2D eigenvalue weighted by Gasteiger charge is -2.19. The average Bonchev–Trinajstić information content (AvgIpc) is 2.83. The molecule has 0 spiro atoms. The smallest absolute Gasteiger partial charge is 0.263 e. The summed E-state index contributed by atoms with van der Waals surface area (Å²) in [6.45, 7) is 1.79. The largest absolute Gasteiger partial charge is 0.338 e. The summed E-state index contributed by atoms with van der Waals surface area (Å²) in [7, 11) is 0. The molecule has 0 atom stereocenters. The molecule has 2 heterocycles. The summed E-state index contributed by atoms with van der Waals surface area (Å²) in [5.41, 5.74) is 1.11. The second-order valence-electron chi connectivity index (χ2n) is 5.38. The van der Waals surface area contributed by atoms with E-state index < -0.39 is 0 Å². The number of benzene rings is 1. The van der Waals surface area contributed by atoms with Crippen LogP contribution in [0.5, 0.6) is 0 Å². The molecular formula is C17H18ClNOS. The van der Waals surface area contributed by atoms with Crippen LogP contribution in [0.2, 0.25) is 5.02 Å².